The maximum absolute atomic E-state index is 14.0. The van der Waals surface area contributed by atoms with E-state index >= 15 is 0 Å². The van der Waals surface area contributed by atoms with Crippen LogP contribution in [-0.4, -0.2) is 36.3 Å². The number of halogens is 2. The largest absolute Gasteiger partial charge is 0.380 e. The molecule has 2 N–H and O–H groups in total. The molecule has 3 aromatic rings. The van der Waals surface area contributed by atoms with Gasteiger partial charge in [0.2, 0.25) is 0 Å². The van der Waals surface area contributed by atoms with Gasteiger partial charge in [-0.3, -0.25) is 0 Å². The Kier molecular flexibility index (Phi) is 5.90. The van der Waals surface area contributed by atoms with Gasteiger partial charge in [-0.15, -0.1) is 0 Å². The van der Waals surface area contributed by atoms with E-state index in [9.17, 15) is 8.78 Å². The van der Waals surface area contributed by atoms with Crippen LogP contribution in [0.1, 0.15) is 5.56 Å². The van der Waals surface area contributed by atoms with E-state index in [0.29, 0.717) is 27.3 Å². The van der Waals surface area contributed by atoms with E-state index in [2.05, 4.69) is 20.6 Å². The Balaban J connectivity index is 1.45. The maximum atomic E-state index is 14.0. The number of nitrogens with zero attached hydrogens (tertiary/aromatic N) is 2. The third-order valence-electron chi connectivity index (χ3n) is 4.50. The molecule has 0 radical (unpaired) electrons. The van der Waals surface area contributed by atoms with Crippen molar-refractivity contribution in [2.45, 2.75) is 6.42 Å². The SMILES string of the molecule is Fc1ccc(-c2cnc(Nc3cc(C[C@@H]4CNCCOC4)ccn3)s2)c(F)c1. The number of aromatic nitrogens is 2. The summed E-state index contributed by atoms with van der Waals surface area (Å²) in [6.45, 7) is 3.32. The van der Waals surface area contributed by atoms with Gasteiger partial charge in [0.1, 0.15) is 17.5 Å². The van der Waals surface area contributed by atoms with Crippen molar-refractivity contribution in [2.75, 3.05) is 31.6 Å². The molecular weight excluding hydrogens is 382 g/mol. The van der Waals surface area contributed by atoms with Crippen molar-refractivity contribution < 1.29 is 13.5 Å². The molecule has 1 aromatic carbocycles. The Hall–Kier alpha value is -2.42. The number of nitrogens with one attached hydrogen (secondary N) is 2. The lowest BCUT2D eigenvalue weighted by atomic mass is 10.0. The van der Waals surface area contributed by atoms with Crippen LogP contribution in [0.2, 0.25) is 0 Å². The maximum Gasteiger partial charge on any atom is 0.188 e. The molecule has 0 aliphatic carbocycles. The van der Waals surface area contributed by atoms with Crippen LogP contribution >= 0.6 is 11.3 Å². The number of rotatable bonds is 5. The molecule has 1 aliphatic rings. The highest BCUT2D eigenvalue weighted by Gasteiger charge is 2.14. The summed E-state index contributed by atoms with van der Waals surface area (Å²) in [5.41, 5.74) is 1.49. The normalized spacial score (nSPS) is 17.3. The number of ether oxygens (including phenoxy) is 1. The molecule has 1 atom stereocenters. The van der Waals surface area contributed by atoms with Gasteiger partial charge in [-0.25, -0.2) is 18.7 Å². The highest BCUT2D eigenvalue weighted by molar-refractivity contribution is 7.18. The van der Waals surface area contributed by atoms with Crippen molar-refractivity contribution in [1.82, 2.24) is 15.3 Å². The van der Waals surface area contributed by atoms with Crippen molar-refractivity contribution in [1.29, 1.82) is 0 Å². The Morgan fingerprint density at radius 3 is 3.04 bits per heavy atom. The first kappa shape index (κ1) is 18.9. The van der Waals surface area contributed by atoms with E-state index in [1.807, 2.05) is 12.1 Å². The molecule has 28 heavy (non-hydrogen) atoms. The van der Waals surface area contributed by atoms with E-state index in [0.717, 1.165) is 44.4 Å². The molecule has 0 bridgehead atoms. The quantitative estimate of drug-likeness (QED) is 0.675. The smallest absolute Gasteiger partial charge is 0.188 e. The van der Waals surface area contributed by atoms with E-state index < -0.39 is 11.6 Å². The van der Waals surface area contributed by atoms with Gasteiger partial charge >= 0.3 is 0 Å². The molecule has 2 aromatic heterocycles. The average molecular weight is 402 g/mol. The number of benzene rings is 1. The molecule has 1 saturated heterocycles. The molecule has 146 valence electrons. The van der Waals surface area contributed by atoms with Crippen molar-refractivity contribution in [3.63, 3.8) is 0 Å². The van der Waals surface area contributed by atoms with Gasteiger partial charge < -0.3 is 15.4 Å². The lowest BCUT2D eigenvalue weighted by Crippen LogP contribution is -2.24. The van der Waals surface area contributed by atoms with E-state index in [1.54, 1.807) is 12.4 Å². The Morgan fingerprint density at radius 1 is 1.21 bits per heavy atom. The lowest BCUT2D eigenvalue weighted by molar-refractivity contribution is 0.123. The Labute approximate surface area is 165 Å². The summed E-state index contributed by atoms with van der Waals surface area (Å²) in [6.07, 6.45) is 4.23. The minimum Gasteiger partial charge on any atom is -0.380 e. The predicted molar refractivity (Wildman–Crippen MR) is 106 cm³/mol. The summed E-state index contributed by atoms with van der Waals surface area (Å²) in [5.74, 6) is -0.0971. The van der Waals surface area contributed by atoms with Crippen molar-refractivity contribution >= 4 is 22.3 Å². The third kappa shape index (κ3) is 4.70. The molecule has 1 aliphatic heterocycles. The third-order valence-corrected chi connectivity index (χ3v) is 5.44. The van der Waals surface area contributed by atoms with Crippen LogP contribution in [0.3, 0.4) is 0 Å². The zero-order valence-electron chi connectivity index (χ0n) is 15.1. The van der Waals surface area contributed by atoms with Crippen LogP contribution in [0.25, 0.3) is 10.4 Å². The van der Waals surface area contributed by atoms with Gasteiger partial charge in [0.25, 0.3) is 0 Å². The standard InChI is InChI=1S/C20H20F2N4OS/c21-15-1-2-16(17(22)9-15)18-11-25-20(28-18)26-19-8-13(3-4-24-19)7-14-10-23-5-6-27-12-14/h1-4,8-9,11,14,23H,5-7,10,12H2,(H,24,25,26)/t14-/m1/s1. The molecule has 4 rings (SSSR count). The van der Waals surface area contributed by atoms with Crippen LogP contribution in [0.15, 0.2) is 42.7 Å². The summed E-state index contributed by atoms with van der Waals surface area (Å²) in [4.78, 5) is 9.25. The van der Waals surface area contributed by atoms with E-state index in [-0.39, 0.29) is 0 Å². The van der Waals surface area contributed by atoms with Gasteiger partial charge in [0.15, 0.2) is 5.13 Å². The summed E-state index contributed by atoms with van der Waals surface area (Å²) in [5, 5.41) is 7.15. The first-order valence-corrected chi connectivity index (χ1v) is 9.91. The van der Waals surface area contributed by atoms with Gasteiger partial charge in [-0.05, 0) is 42.2 Å². The molecular formula is C20H20F2N4OS. The highest BCUT2D eigenvalue weighted by Crippen LogP contribution is 2.32. The highest BCUT2D eigenvalue weighted by atomic mass is 32.1. The molecule has 3 heterocycles. The predicted octanol–water partition coefficient (Wildman–Crippen LogP) is 4.01. The van der Waals surface area contributed by atoms with Crippen LogP contribution < -0.4 is 10.6 Å². The number of hydrogen-bond donors (Lipinski definition) is 2. The van der Waals surface area contributed by atoms with Gasteiger partial charge in [-0.1, -0.05) is 11.3 Å². The zero-order valence-corrected chi connectivity index (χ0v) is 15.9. The monoisotopic (exact) mass is 402 g/mol. The topological polar surface area (TPSA) is 59.1 Å². The second-order valence-corrected chi connectivity index (χ2v) is 7.71. The van der Waals surface area contributed by atoms with E-state index in [4.69, 9.17) is 4.74 Å². The number of thiazole rings is 1. The molecule has 0 unspecified atom stereocenters. The van der Waals surface area contributed by atoms with E-state index in [1.165, 1.54) is 23.5 Å². The molecule has 0 amide bonds. The second-order valence-electron chi connectivity index (χ2n) is 6.68. The van der Waals surface area contributed by atoms with Crippen LogP contribution in [0, 0.1) is 17.6 Å². The minimum absolute atomic E-state index is 0.328. The van der Waals surface area contributed by atoms with Crippen LogP contribution in [-0.2, 0) is 11.2 Å². The lowest BCUT2D eigenvalue weighted by Gasteiger charge is -2.14. The van der Waals surface area contributed by atoms with Gasteiger partial charge in [-0.2, -0.15) is 0 Å². The first-order chi connectivity index (χ1) is 13.7. The molecule has 8 heteroatoms. The van der Waals surface area contributed by atoms with Gasteiger partial charge in [0.05, 0.1) is 18.1 Å². The second kappa shape index (κ2) is 8.72. The molecule has 1 fully saturated rings. The number of hydrogen-bond acceptors (Lipinski definition) is 6. The van der Waals surface area contributed by atoms with Gasteiger partial charge in [0, 0.05) is 37.1 Å². The van der Waals surface area contributed by atoms with Crippen molar-refractivity contribution in [3.8, 4) is 10.4 Å². The fourth-order valence-corrected chi connectivity index (χ4v) is 4.00. The summed E-state index contributed by atoms with van der Waals surface area (Å²) in [6, 6.07) is 7.52. The minimum atomic E-state index is -0.602. The molecule has 0 spiro atoms. The van der Waals surface area contributed by atoms with Crippen LogP contribution in [0.4, 0.5) is 19.7 Å². The number of pyridine rings is 1. The number of anilines is 2. The first-order valence-electron chi connectivity index (χ1n) is 9.09. The van der Waals surface area contributed by atoms with Crippen molar-refractivity contribution in [3.05, 3.63) is 59.9 Å². The summed E-state index contributed by atoms with van der Waals surface area (Å²) >= 11 is 1.29. The summed E-state index contributed by atoms with van der Waals surface area (Å²) < 4.78 is 32.7. The van der Waals surface area contributed by atoms with Crippen molar-refractivity contribution in [2.24, 2.45) is 5.92 Å². The fraction of sp³-hybridized carbons (Fsp3) is 0.300. The van der Waals surface area contributed by atoms with Crippen LogP contribution in [0.5, 0.6) is 0 Å². The molecule has 5 nitrogen and oxygen atoms in total. The Morgan fingerprint density at radius 2 is 2.14 bits per heavy atom. The average Bonchev–Trinajstić information content (AvgIpc) is 2.97. The summed E-state index contributed by atoms with van der Waals surface area (Å²) in [7, 11) is 0. The Bertz CT molecular complexity index is 941. The molecule has 0 saturated carbocycles. The fourth-order valence-electron chi connectivity index (χ4n) is 3.15. The zero-order chi connectivity index (χ0) is 19.3.